The van der Waals surface area contributed by atoms with E-state index in [1.54, 1.807) is 18.2 Å². The third-order valence-corrected chi connectivity index (χ3v) is 3.16. The van der Waals surface area contributed by atoms with E-state index in [2.05, 4.69) is 5.32 Å². The number of rotatable bonds is 3. The van der Waals surface area contributed by atoms with E-state index in [9.17, 15) is 14.9 Å². The summed E-state index contributed by atoms with van der Waals surface area (Å²) in [6.45, 7) is 1.88. The molecule has 108 valence electrons. The Bertz CT molecular complexity index is 731. The third kappa shape index (κ3) is 3.29. The highest BCUT2D eigenvalue weighted by Crippen LogP contribution is 2.29. The lowest BCUT2D eigenvalue weighted by atomic mass is 10.1. The van der Waals surface area contributed by atoms with Crippen LogP contribution in [0, 0.1) is 17.0 Å². The molecule has 2 rings (SSSR count). The largest absolute Gasteiger partial charge is 0.397 e. The molecule has 0 radical (unpaired) electrons. The number of hydrogen-bond acceptors (Lipinski definition) is 4. The molecule has 1 amide bonds. The molecule has 2 aromatic rings. The van der Waals surface area contributed by atoms with Crippen molar-refractivity contribution in [2.24, 2.45) is 0 Å². The van der Waals surface area contributed by atoms with Gasteiger partial charge in [0.2, 0.25) is 0 Å². The molecule has 0 aliphatic carbocycles. The van der Waals surface area contributed by atoms with Gasteiger partial charge in [-0.25, -0.2) is 0 Å². The molecule has 6 nitrogen and oxygen atoms in total. The molecule has 3 N–H and O–H groups in total. The van der Waals surface area contributed by atoms with Gasteiger partial charge < -0.3 is 11.1 Å². The fraction of sp³-hybridized carbons (Fsp3) is 0.0714. The molecule has 0 aliphatic heterocycles. The summed E-state index contributed by atoms with van der Waals surface area (Å²) in [5, 5.41) is 13.4. The maximum atomic E-state index is 12.2. The molecule has 0 saturated heterocycles. The molecule has 2 aromatic carbocycles. The lowest BCUT2D eigenvalue weighted by Gasteiger charge is -2.09. The number of amides is 1. The smallest absolute Gasteiger partial charge is 0.271 e. The second-order valence-corrected chi connectivity index (χ2v) is 4.88. The normalized spacial score (nSPS) is 10.2. The Morgan fingerprint density at radius 1 is 1.33 bits per heavy atom. The van der Waals surface area contributed by atoms with Gasteiger partial charge in [0.05, 0.1) is 21.2 Å². The Morgan fingerprint density at radius 2 is 2.05 bits per heavy atom. The summed E-state index contributed by atoms with van der Waals surface area (Å²) < 4.78 is 0. The zero-order valence-corrected chi connectivity index (χ0v) is 11.8. The molecule has 0 unspecified atom stereocenters. The summed E-state index contributed by atoms with van der Waals surface area (Å²) in [6, 6.07) is 9.36. The van der Waals surface area contributed by atoms with Gasteiger partial charge in [-0.05, 0) is 24.6 Å². The Hall–Kier alpha value is -2.60. The maximum absolute atomic E-state index is 12.2. The minimum Gasteiger partial charge on any atom is -0.397 e. The molecule has 0 atom stereocenters. The SMILES string of the molecule is Cc1cccc(NC(=O)c2cc([N+](=O)[O-])cc(Cl)c2N)c1. The van der Waals surface area contributed by atoms with Gasteiger partial charge in [0, 0.05) is 17.8 Å². The average molecular weight is 306 g/mol. The molecule has 0 fully saturated rings. The van der Waals surface area contributed by atoms with Gasteiger partial charge in [-0.15, -0.1) is 0 Å². The fourth-order valence-corrected chi connectivity index (χ4v) is 2.03. The first-order chi connectivity index (χ1) is 9.88. The number of nitrogens with zero attached hydrogens (tertiary/aromatic N) is 1. The van der Waals surface area contributed by atoms with Crippen LogP contribution in [-0.2, 0) is 0 Å². The summed E-state index contributed by atoms with van der Waals surface area (Å²) in [5.74, 6) is -0.552. The predicted octanol–water partition coefficient (Wildman–Crippen LogP) is 3.39. The number of halogens is 1. The molecule has 0 spiro atoms. The van der Waals surface area contributed by atoms with Crippen LogP contribution in [0.4, 0.5) is 17.1 Å². The van der Waals surface area contributed by atoms with Crippen molar-refractivity contribution in [2.45, 2.75) is 6.92 Å². The molecule has 0 saturated carbocycles. The zero-order chi connectivity index (χ0) is 15.6. The van der Waals surface area contributed by atoms with Crippen LogP contribution in [0.2, 0.25) is 5.02 Å². The van der Waals surface area contributed by atoms with Crippen LogP contribution in [0.25, 0.3) is 0 Å². The quantitative estimate of drug-likeness (QED) is 0.516. The maximum Gasteiger partial charge on any atom is 0.271 e. The summed E-state index contributed by atoms with van der Waals surface area (Å²) >= 11 is 5.83. The van der Waals surface area contributed by atoms with Crippen LogP contribution in [0.3, 0.4) is 0 Å². The molecule has 0 bridgehead atoms. The van der Waals surface area contributed by atoms with Crippen LogP contribution in [0.1, 0.15) is 15.9 Å². The van der Waals surface area contributed by atoms with E-state index in [-0.39, 0.29) is 22.0 Å². The lowest BCUT2D eigenvalue weighted by Crippen LogP contribution is -2.14. The van der Waals surface area contributed by atoms with Crippen molar-refractivity contribution in [2.75, 3.05) is 11.1 Å². The van der Waals surface area contributed by atoms with Crippen molar-refractivity contribution >= 4 is 34.6 Å². The van der Waals surface area contributed by atoms with E-state index in [4.69, 9.17) is 17.3 Å². The number of anilines is 2. The average Bonchev–Trinajstić information content (AvgIpc) is 2.41. The summed E-state index contributed by atoms with van der Waals surface area (Å²) in [7, 11) is 0. The van der Waals surface area contributed by atoms with Crippen LogP contribution in [0.5, 0.6) is 0 Å². The van der Waals surface area contributed by atoms with E-state index in [0.29, 0.717) is 5.69 Å². The van der Waals surface area contributed by atoms with Crippen molar-refractivity contribution in [3.8, 4) is 0 Å². The van der Waals surface area contributed by atoms with E-state index in [1.807, 2.05) is 13.0 Å². The van der Waals surface area contributed by atoms with E-state index in [0.717, 1.165) is 17.7 Å². The van der Waals surface area contributed by atoms with Crippen molar-refractivity contribution < 1.29 is 9.72 Å². The number of hydrogen-bond donors (Lipinski definition) is 2. The van der Waals surface area contributed by atoms with Gasteiger partial charge in [0.1, 0.15) is 0 Å². The summed E-state index contributed by atoms with van der Waals surface area (Å²) in [5.41, 5.74) is 6.95. The first kappa shape index (κ1) is 14.8. The number of carbonyl (C=O) groups is 1. The van der Waals surface area contributed by atoms with Crippen LogP contribution >= 0.6 is 11.6 Å². The van der Waals surface area contributed by atoms with Crippen molar-refractivity contribution in [3.63, 3.8) is 0 Å². The Labute approximate surface area is 125 Å². The first-order valence-corrected chi connectivity index (χ1v) is 6.37. The van der Waals surface area contributed by atoms with E-state index in [1.165, 1.54) is 0 Å². The highest BCUT2D eigenvalue weighted by molar-refractivity contribution is 6.34. The van der Waals surface area contributed by atoms with Gasteiger partial charge in [0.25, 0.3) is 11.6 Å². The summed E-state index contributed by atoms with van der Waals surface area (Å²) in [4.78, 5) is 22.4. The molecular formula is C14H12ClN3O3. The fourth-order valence-electron chi connectivity index (χ4n) is 1.82. The minimum absolute atomic E-state index is 0.00687. The monoisotopic (exact) mass is 305 g/mol. The summed E-state index contributed by atoms with van der Waals surface area (Å²) in [6.07, 6.45) is 0. The van der Waals surface area contributed by atoms with Crippen molar-refractivity contribution in [1.29, 1.82) is 0 Å². The van der Waals surface area contributed by atoms with Crippen LogP contribution in [0.15, 0.2) is 36.4 Å². The minimum atomic E-state index is -0.630. The standard InChI is InChI=1S/C14H12ClN3O3/c1-8-3-2-4-9(5-8)17-14(19)11-6-10(18(20)21)7-12(15)13(11)16/h2-7H,16H2,1H3,(H,17,19). The Balaban J connectivity index is 2.37. The molecule has 0 aliphatic rings. The number of benzene rings is 2. The van der Waals surface area contributed by atoms with Gasteiger partial charge in [-0.1, -0.05) is 23.7 Å². The zero-order valence-electron chi connectivity index (χ0n) is 11.1. The second-order valence-electron chi connectivity index (χ2n) is 4.47. The topological polar surface area (TPSA) is 98.3 Å². The first-order valence-electron chi connectivity index (χ1n) is 6.00. The molecule has 0 heterocycles. The number of nitro groups is 1. The number of aryl methyl sites for hydroxylation is 1. The Kier molecular flexibility index (Phi) is 4.09. The number of carbonyl (C=O) groups excluding carboxylic acids is 1. The van der Waals surface area contributed by atoms with Crippen LogP contribution in [-0.4, -0.2) is 10.8 Å². The third-order valence-electron chi connectivity index (χ3n) is 2.85. The highest BCUT2D eigenvalue weighted by atomic mass is 35.5. The number of nitrogens with two attached hydrogens (primary N) is 1. The van der Waals surface area contributed by atoms with Gasteiger partial charge in [0.15, 0.2) is 0 Å². The van der Waals surface area contributed by atoms with Gasteiger partial charge >= 0.3 is 0 Å². The van der Waals surface area contributed by atoms with Crippen LogP contribution < -0.4 is 11.1 Å². The number of nitro benzene ring substituents is 1. The molecule has 0 aromatic heterocycles. The highest BCUT2D eigenvalue weighted by Gasteiger charge is 2.19. The number of non-ortho nitro benzene ring substituents is 1. The predicted molar refractivity (Wildman–Crippen MR) is 81.7 cm³/mol. The van der Waals surface area contributed by atoms with Crippen molar-refractivity contribution in [1.82, 2.24) is 0 Å². The van der Waals surface area contributed by atoms with E-state index >= 15 is 0 Å². The van der Waals surface area contributed by atoms with Crippen molar-refractivity contribution in [3.05, 3.63) is 62.7 Å². The Morgan fingerprint density at radius 3 is 2.67 bits per heavy atom. The lowest BCUT2D eigenvalue weighted by molar-refractivity contribution is -0.384. The number of nitrogen functional groups attached to an aromatic ring is 1. The molecule has 7 heteroatoms. The second kappa shape index (κ2) is 5.80. The number of nitrogens with one attached hydrogen (secondary N) is 1. The van der Waals surface area contributed by atoms with E-state index < -0.39 is 10.8 Å². The molecule has 21 heavy (non-hydrogen) atoms. The molecular weight excluding hydrogens is 294 g/mol. The van der Waals surface area contributed by atoms with Gasteiger partial charge in [-0.3, -0.25) is 14.9 Å². The van der Waals surface area contributed by atoms with Gasteiger partial charge in [-0.2, -0.15) is 0 Å².